The van der Waals surface area contributed by atoms with Crippen LogP contribution in [0.3, 0.4) is 0 Å². The highest BCUT2D eigenvalue weighted by atomic mass is 16.5. The topological polar surface area (TPSA) is 33.2 Å². The Morgan fingerprint density at radius 2 is 1.71 bits per heavy atom. The maximum Gasteiger partial charge on any atom is 0.212 e. The summed E-state index contributed by atoms with van der Waals surface area (Å²) < 4.78 is 7.69. The third-order valence-electron chi connectivity index (χ3n) is 5.00. The first kappa shape index (κ1) is 18.0. The summed E-state index contributed by atoms with van der Waals surface area (Å²) in [6.45, 7) is 2.07. The highest BCUT2D eigenvalue weighted by molar-refractivity contribution is 5.81. The predicted molar refractivity (Wildman–Crippen MR) is 115 cm³/mol. The standard InChI is InChI=1S/C24H24N3O/c1-17-5-7-18(8-6-17)24-16-20(25-28-24)10-12-21-11-9-19-15-22(26(2)3)13-14-23(19)27(21)4/h5-16H,1-4H3/q+1/b12-10+. The van der Waals surface area contributed by atoms with Crippen LogP contribution < -0.4 is 9.47 Å². The third kappa shape index (κ3) is 3.54. The van der Waals surface area contributed by atoms with Gasteiger partial charge in [0.2, 0.25) is 11.2 Å². The van der Waals surface area contributed by atoms with Gasteiger partial charge in [0.25, 0.3) is 0 Å². The molecule has 4 aromatic rings. The molecule has 0 saturated carbocycles. The minimum absolute atomic E-state index is 0.777. The van der Waals surface area contributed by atoms with Crippen molar-refractivity contribution in [2.24, 2.45) is 7.05 Å². The molecule has 2 heterocycles. The molecule has 0 bridgehead atoms. The Balaban J connectivity index is 1.61. The molecule has 0 radical (unpaired) electrons. The van der Waals surface area contributed by atoms with Crippen molar-refractivity contribution < 1.29 is 9.09 Å². The fraction of sp³-hybridized carbons (Fsp3) is 0.167. The van der Waals surface area contributed by atoms with Gasteiger partial charge in [-0.05, 0) is 31.2 Å². The molecule has 0 spiro atoms. The lowest BCUT2D eigenvalue weighted by atomic mass is 10.1. The van der Waals surface area contributed by atoms with E-state index in [1.165, 1.54) is 22.2 Å². The number of hydrogen-bond acceptors (Lipinski definition) is 3. The van der Waals surface area contributed by atoms with Crippen molar-refractivity contribution in [1.29, 1.82) is 0 Å². The van der Waals surface area contributed by atoms with Gasteiger partial charge in [-0.15, -0.1) is 0 Å². The van der Waals surface area contributed by atoms with E-state index in [-0.39, 0.29) is 0 Å². The Hall–Kier alpha value is -3.40. The molecule has 0 aliphatic carbocycles. The number of pyridine rings is 1. The maximum atomic E-state index is 5.50. The Morgan fingerprint density at radius 1 is 0.929 bits per heavy atom. The molecule has 0 atom stereocenters. The van der Waals surface area contributed by atoms with Crippen molar-refractivity contribution in [3.8, 4) is 11.3 Å². The van der Waals surface area contributed by atoms with Crippen molar-refractivity contribution in [3.05, 3.63) is 77.6 Å². The van der Waals surface area contributed by atoms with Gasteiger partial charge >= 0.3 is 0 Å². The number of nitrogens with zero attached hydrogens (tertiary/aromatic N) is 3. The number of fused-ring (bicyclic) bond motifs is 1. The molecular weight excluding hydrogens is 346 g/mol. The number of benzene rings is 2. The number of anilines is 1. The summed E-state index contributed by atoms with van der Waals surface area (Å²) in [5, 5.41) is 5.39. The van der Waals surface area contributed by atoms with Crippen LogP contribution in [0.25, 0.3) is 34.4 Å². The molecule has 2 aromatic carbocycles. The molecular formula is C24H24N3O+. The quantitative estimate of drug-likeness (QED) is 0.481. The number of aromatic nitrogens is 2. The van der Waals surface area contributed by atoms with E-state index in [4.69, 9.17) is 4.52 Å². The van der Waals surface area contributed by atoms with Crippen molar-refractivity contribution in [2.75, 3.05) is 19.0 Å². The largest absolute Gasteiger partial charge is 0.378 e. The van der Waals surface area contributed by atoms with E-state index in [0.717, 1.165) is 22.7 Å². The van der Waals surface area contributed by atoms with E-state index >= 15 is 0 Å². The van der Waals surface area contributed by atoms with Gasteiger partial charge in [0.05, 0.1) is 0 Å². The smallest absolute Gasteiger partial charge is 0.212 e. The second-order valence-electron chi connectivity index (χ2n) is 7.27. The average molecular weight is 370 g/mol. The summed E-state index contributed by atoms with van der Waals surface area (Å²) in [4.78, 5) is 2.11. The summed E-state index contributed by atoms with van der Waals surface area (Å²) in [5.74, 6) is 0.777. The molecule has 0 saturated heterocycles. The van der Waals surface area contributed by atoms with Gasteiger partial charge in [-0.2, -0.15) is 4.57 Å². The van der Waals surface area contributed by atoms with Crippen LogP contribution in [0.1, 0.15) is 17.0 Å². The normalized spacial score (nSPS) is 11.4. The molecule has 0 fully saturated rings. The molecule has 4 heteroatoms. The first-order valence-electron chi connectivity index (χ1n) is 9.33. The number of aryl methyl sites for hydroxylation is 2. The van der Waals surface area contributed by atoms with E-state index < -0.39 is 0 Å². The Morgan fingerprint density at radius 3 is 2.46 bits per heavy atom. The van der Waals surface area contributed by atoms with Crippen LogP contribution in [0, 0.1) is 6.92 Å². The third-order valence-corrected chi connectivity index (χ3v) is 5.00. The fourth-order valence-electron chi connectivity index (χ4n) is 3.24. The van der Waals surface area contributed by atoms with Crippen molar-refractivity contribution in [2.45, 2.75) is 6.92 Å². The monoisotopic (exact) mass is 370 g/mol. The Bertz CT molecular complexity index is 1150. The fourth-order valence-corrected chi connectivity index (χ4v) is 3.24. The summed E-state index contributed by atoms with van der Waals surface area (Å²) in [6, 6.07) is 21.0. The molecule has 4 nitrogen and oxygen atoms in total. The molecule has 0 aliphatic heterocycles. The second kappa shape index (κ2) is 7.31. The summed E-state index contributed by atoms with van der Waals surface area (Å²) >= 11 is 0. The molecule has 2 aromatic heterocycles. The molecule has 0 aliphatic rings. The van der Waals surface area contributed by atoms with E-state index in [0.29, 0.717) is 0 Å². The van der Waals surface area contributed by atoms with E-state index in [9.17, 15) is 0 Å². The van der Waals surface area contributed by atoms with Crippen LogP contribution in [0.15, 0.2) is 65.2 Å². The summed E-state index contributed by atoms with van der Waals surface area (Å²) in [6.07, 6.45) is 4.05. The van der Waals surface area contributed by atoms with E-state index in [2.05, 4.69) is 103 Å². The molecule has 140 valence electrons. The lowest BCUT2D eigenvalue weighted by Crippen LogP contribution is -2.32. The predicted octanol–water partition coefficient (Wildman–Crippen LogP) is 4.86. The minimum atomic E-state index is 0.777. The summed E-state index contributed by atoms with van der Waals surface area (Å²) in [5.41, 5.74) is 6.55. The minimum Gasteiger partial charge on any atom is -0.378 e. The number of rotatable bonds is 4. The van der Waals surface area contributed by atoms with Crippen molar-refractivity contribution in [1.82, 2.24) is 5.16 Å². The van der Waals surface area contributed by atoms with Crippen LogP contribution >= 0.6 is 0 Å². The van der Waals surface area contributed by atoms with Crippen LogP contribution in [-0.2, 0) is 7.05 Å². The van der Waals surface area contributed by atoms with Crippen LogP contribution in [-0.4, -0.2) is 19.3 Å². The summed E-state index contributed by atoms with van der Waals surface area (Å²) in [7, 11) is 6.19. The van der Waals surface area contributed by atoms with Crippen LogP contribution in [0.4, 0.5) is 5.69 Å². The van der Waals surface area contributed by atoms with Crippen LogP contribution in [0.5, 0.6) is 0 Å². The Kier molecular flexibility index (Phi) is 4.70. The van der Waals surface area contributed by atoms with Gasteiger partial charge in [-0.25, -0.2) is 0 Å². The molecule has 0 amide bonds. The van der Waals surface area contributed by atoms with Gasteiger partial charge in [-0.3, -0.25) is 0 Å². The zero-order valence-corrected chi connectivity index (χ0v) is 16.7. The lowest BCUT2D eigenvalue weighted by molar-refractivity contribution is -0.646. The highest BCUT2D eigenvalue weighted by Crippen LogP contribution is 2.22. The first-order valence-corrected chi connectivity index (χ1v) is 9.33. The second-order valence-corrected chi connectivity index (χ2v) is 7.27. The highest BCUT2D eigenvalue weighted by Gasteiger charge is 2.11. The zero-order valence-electron chi connectivity index (χ0n) is 16.7. The number of hydrogen-bond donors (Lipinski definition) is 0. The lowest BCUT2D eigenvalue weighted by Gasteiger charge is -2.12. The van der Waals surface area contributed by atoms with Gasteiger partial charge in [0, 0.05) is 55.0 Å². The zero-order chi connectivity index (χ0) is 19.7. The van der Waals surface area contributed by atoms with Gasteiger partial charge in [0.1, 0.15) is 12.7 Å². The molecule has 28 heavy (non-hydrogen) atoms. The van der Waals surface area contributed by atoms with Crippen molar-refractivity contribution >= 4 is 28.7 Å². The van der Waals surface area contributed by atoms with E-state index in [1.807, 2.05) is 12.1 Å². The van der Waals surface area contributed by atoms with Gasteiger partial charge in [0.15, 0.2) is 5.76 Å². The molecule has 0 N–H and O–H groups in total. The SMILES string of the molecule is Cc1ccc(-c2cc(/C=C/c3ccc4cc(N(C)C)ccc4[n+]3C)no2)cc1. The van der Waals surface area contributed by atoms with Crippen LogP contribution in [0.2, 0.25) is 0 Å². The Labute approximate surface area is 165 Å². The molecule has 0 unspecified atom stereocenters. The molecule has 4 rings (SSSR count). The maximum absolute atomic E-state index is 5.50. The van der Waals surface area contributed by atoms with Gasteiger partial charge in [-0.1, -0.05) is 35.0 Å². The first-order chi connectivity index (χ1) is 13.5. The van der Waals surface area contributed by atoms with Gasteiger partial charge < -0.3 is 9.42 Å². The van der Waals surface area contributed by atoms with Crippen molar-refractivity contribution in [3.63, 3.8) is 0 Å². The average Bonchev–Trinajstić information content (AvgIpc) is 3.17. The van der Waals surface area contributed by atoms with E-state index in [1.54, 1.807) is 0 Å².